The molecule has 86 valence electrons. The van der Waals surface area contributed by atoms with Crippen LogP contribution in [0.1, 0.15) is 5.82 Å². The molecule has 0 aliphatic heterocycles. The van der Waals surface area contributed by atoms with Gasteiger partial charge < -0.3 is 15.8 Å². The van der Waals surface area contributed by atoms with Gasteiger partial charge in [0.15, 0.2) is 0 Å². The van der Waals surface area contributed by atoms with Crippen molar-refractivity contribution < 1.29 is 9.72 Å². The molecule has 0 saturated carbocycles. The highest BCUT2D eigenvalue weighted by molar-refractivity contribution is 5.73. The standard InChI is InChI=1S/C7H10N6O3/c1-12-5(2-3-10-11-7(8)14)9-4-6(12)13(15)16/h3-4H,2H2,1H3,(H3,8,11,14)/b10-3+. The molecule has 0 fully saturated rings. The number of nitrogens with zero attached hydrogens (tertiary/aromatic N) is 4. The van der Waals surface area contributed by atoms with Gasteiger partial charge in [-0.15, -0.1) is 0 Å². The topological polar surface area (TPSA) is 128 Å². The van der Waals surface area contributed by atoms with E-state index in [9.17, 15) is 14.9 Å². The molecule has 0 atom stereocenters. The number of nitrogens with two attached hydrogens (primary N) is 1. The molecule has 0 radical (unpaired) electrons. The van der Waals surface area contributed by atoms with Gasteiger partial charge >= 0.3 is 11.8 Å². The summed E-state index contributed by atoms with van der Waals surface area (Å²) in [7, 11) is 1.52. The van der Waals surface area contributed by atoms with Gasteiger partial charge in [-0.05, 0) is 4.92 Å². The smallest absolute Gasteiger partial charge is 0.342 e. The van der Waals surface area contributed by atoms with Crippen molar-refractivity contribution in [1.82, 2.24) is 15.0 Å². The number of rotatable bonds is 4. The quantitative estimate of drug-likeness (QED) is 0.408. The molecule has 16 heavy (non-hydrogen) atoms. The van der Waals surface area contributed by atoms with Crippen molar-refractivity contribution in [3.8, 4) is 0 Å². The Morgan fingerprint density at radius 1 is 1.88 bits per heavy atom. The van der Waals surface area contributed by atoms with Crippen molar-refractivity contribution in [2.24, 2.45) is 17.9 Å². The van der Waals surface area contributed by atoms with Crippen molar-refractivity contribution >= 4 is 18.1 Å². The third-order valence-electron chi connectivity index (χ3n) is 1.79. The molecular weight excluding hydrogens is 216 g/mol. The van der Waals surface area contributed by atoms with Crippen LogP contribution in [-0.2, 0) is 13.5 Å². The Hall–Kier alpha value is -2.45. The number of nitro groups is 1. The summed E-state index contributed by atoms with van der Waals surface area (Å²) in [6.45, 7) is 0. The highest BCUT2D eigenvalue weighted by atomic mass is 16.6. The van der Waals surface area contributed by atoms with E-state index in [1.807, 2.05) is 5.43 Å². The summed E-state index contributed by atoms with van der Waals surface area (Å²) in [4.78, 5) is 24.1. The Labute approximate surface area is 90.1 Å². The van der Waals surface area contributed by atoms with Gasteiger partial charge in [0, 0.05) is 6.21 Å². The highest BCUT2D eigenvalue weighted by Gasteiger charge is 2.14. The molecule has 1 aromatic heterocycles. The van der Waals surface area contributed by atoms with E-state index >= 15 is 0 Å². The summed E-state index contributed by atoms with van der Waals surface area (Å²) in [6, 6.07) is -0.776. The molecule has 0 spiro atoms. The maximum absolute atomic E-state index is 10.5. The van der Waals surface area contributed by atoms with E-state index in [1.54, 1.807) is 0 Å². The SMILES string of the molecule is Cn1c([N+](=O)[O-])cnc1C/C=N/NC(N)=O. The second kappa shape index (κ2) is 4.87. The van der Waals surface area contributed by atoms with E-state index in [0.717, 1.165) is 6.20 Å². The van der Waals surface area contributed by atoms with E-state index in [-0.39, 0.29) is 12.2 Å². The van der Waals surface area contributed by atoms with Crippen molar-refractivity contribution in [3.63, 3.8) is 0 Å². The van der Waals surface area contributed by atoms with E-state index in [1.165, 1.54) is 17.8 Å². The molecule has 9 nitrogen and oxygen atoms in total. The minimum Gasteiger partial charge on any atom is -0.358 e. The van der Waals surface area contributed by atoms with Gasteiger partial charge in [-0.3, -0.25) is 0 Å². The van der Waals surface area contributed by atoms with Crippen LogP contribution in [0.4, 0.5) is 10.6 Å². The number of hydrogen-bond acceptors (Lipinski definition) is 5. The van der Waals surface area contributed by atoms with Crippen LogP contribution in [0.3, 0.4) is 0 Å². The van der Waals surface area contributed by atoms with E-state index in [0.29, 0.717) is 5.82 Å². The molecule has 1 aromatic rings. The normalized spacial score (nSPS) is 10.6. The van der Waals surface area contributed by atoms with Gasteiger partial charge in [0.2, 0.25) is 5.82 Å². The first-order chi connectivity index (χ1) is 7.52. The lowest BCUT2D eigenvalue weighted by atomic mass is 10.4. The zero-order chi connectivity index (χ0) is 12.1. The second-order valence-electron chi connectivity index (χ2n) is 2.84. The highest BCUT2D eigenvalue weighted by Crippen LogP contribution is 2.11. The maximum atomic E-state index is 10.5. The fraction of sp³-hybridized carbons (Fsp3) is 0.286. The van der Waals surface area contributed by atoms with Gasteiger partial charge in [0.1, 0.15) is 6.20 Å². The third-order valence-corrected chi connectivity index (χ3v) is 1.79. The number of imidazole rings is 1. The number of hydrazone groups is 1. The number of carbonyl (C=O) groups is 1. The molecule has 1 heterocycles. The minimum absolute atomic E-state index is 0.105. The largest absolute Gasteiger partial charge is 0.358 e. The van der Waals surface area contributed by atoms with Crippen molar-refractivity contribution in [2.45, 2.75) is 6.42 Å². The first kappa shape index (κ1) is 11.6. The Bertz CT molecular complexity index is 437. The number of urea groups is 1. The number of amides is 2. The summed E-state index contributed by atoms with van der Waals surface area (Å²) in [5.41, 5.74) is 6.77. The molecule has 0 aliphatic carbocycles. The molecule has 3 N–H and O–H groups in total. The number of aromatic nitrogens is 2. The molecule has 1 rings (SSSR count). The molecular formula is C7H10N6O3. The third kappa shape index (κ3) is 2.77. The fourth-order valence-electron chi connectivity index (χ4n) is 1.03. The summed E-state index contributed by atoms with van der Waals surface area (Å²) >= 11 is 0. The zero-order valence-corrected chi connectivity index (χ0v) is 8.45. The van der Waals surface area contributed by atoms with Gasteiger partial charge in [0.05, 0.1) is 13.5 Å². The number of carbonyl (C=O) groups excluding carboxylic acids is 1. The van der Waals surface area contributed by atoms with Crippen LogP contribution in [0.15, 0.2) is 11.3 Å². The zero-order valence-electron chi connectivity index (χ0n) is 8.45. The van der Waals surface area contributed by atoms with Gasteiger partial charge in [-0.1, -0.05) is 0 Å². The number of nitrogens with one attached hydrogen (secondary N) is 1. The maximum Gasteiger partial charge on any atom is 0.342 e. The van der Waals surface area contributed by atoms with Crippen LogP contribution >= 0.6 is 0 Å². The Balaban J connectivity index is 2.65. The molecule has 0 bridgehead atoms. The second-order valence-corrected chi connectivity index (χ2v) is 2.84. The van der Waals surface area contributed by atoms with Crippen LogP contribution in [0.5, 0.6) is 0 Å². The lowest BCUT2D eigenvalue weighted by molar-refractivity contribution is -0.391. The van der Waals surface area contributed by atoms with Crippen molar-refractivity contribution in [2.75, 3.05) is 0 Å². The lowest BCUT2D eigenvalue weighted by Gasteiger charge is -1.95. The molecule has 0 saturated heterocycles. The summed E-state index contributed by atoms with van der Waals surface area (Å²) in [5, 5.41) is 14.0. The Morgan fingerprint density at radius 3 is 3.06 bits per heavy atom. The summed E-state index contributed by atoms with van der Waals surface area (Å²) in [6.07, 6.45) is 2.76. The lowest BCUT2D eigenvalue weighted by Crippen LogP contribution is -2.24. The van der Waals surface area contributed by atoms with Crippen LogP contribution in [0, 0.1) is 10.1 Å². The van der Waals surface area contributed by atoms with Crippen molar-refractivity contribution in [3.05, 3.63) is 22.1 Å². The van der Waals surface area contributed by atoms with Gasteiger partial charge in [0.25, 0.3) is 0 Å². The van der Waals surface area contributed by atoms with Crippen LogP contribution < -0.4 is 11.2 Å². The molecule has 0 aromatic carbocycles. The van der Waals surface area contributed by atoms with Crippen LogP contribution in [0.2, 0.25) is 0 Å². The molecule has 0 aliphatic rings. The van der Waals surface area contributed by atoms with Crippen LogP contribution in [0.25, 0.3) is 0 Å². The molecule has 0 unspecified atom stereocenters. The monoisotopic (exact) mass is 226 g/mol. The predicted molar refractivity (Wildman–Crippen MR) is 54.8 cm³/mol. The van der Waals surface area contributed by atoms with Gasteiger partial charge in [-0.2, -0.15) is 5.10 Å². The fourth-order valence-corrected chi connectivity index (χ4v) is 1.03. The van der Waals surface area contributed by atoms with E-state index in [4.69, 9.17) is 5.73 Å². The van der Waals surface area contributed by atoms with Crippen LogP contribution in [-0.4, -0.2) is 26.7 Å². The first-order valence-corrected chi connectivity index (χ1v) is 4.24. The number of hydrogen-bond donors (Lipinski definition) is 2. The number of primary amides is 1. The van der Waals surface area contributed by atoms with Crippen molar-refractivity contribution in [1.29, 1.82) is 0 Å². The molecule has 9 heteroatoms. The predicted octanol–water partition coefficient (Wildman–Crippen LogP) is -0.475. The summed E-state index contributed by atoms with van der Waals surface area (Å²) in [5.74, 6) is 0.355. The first-order valence-electron chi connectivity index (χ1n) is 4.24. The van der Waals surface area contributed by atoms with E-state index < -0.39 is 11.0 Å². The molecule has 2 amide bonds. The Kier molecular flexibility index (Phi) is 3.53. The Morgan fingerprint density at radius 2 is 2.56 bits per heavy atom. The van der Waals surface area contributed by atoms with Gasteiger partial charge in [-0.25, -0.2) is 19.8 Å². The average Bonchev–Trinajstić information content (AvgIpc) is 2.54. The average molecular weight is 226 g/mol. The summed E-state index contributed by atoms with van der Waals surface area (Å²) < 4.78 is 1.33. The van der Waals surface area contributed by atoms with E-state index in [2.05, 4.69) is 10.1 Å². The minimum atomic E-state index is -0.776.